The van der Waals surface area contributed by atoms with Gasteiger partial charge in [0.05, 0.1) is 17.0 Å². The Bertz CT molecular complexity index is 1120. The number of rotatable bonds is 5. The van der Waals surface area contributed by atoms with Crippen molar-refractivity contribution in [2.24, 2.45) is 0 Å². The Morgan fingerprint density at radius 1 is 1.16 bits per heavy atom. The largest absolute Gasteiger partial charge is 0.507 e. The lowest BCUT2D eigenvalue weighted by molar-refractivity contribution is 0.102. The smallest absolute Gasteiger partial charge is 0.342 e. The Balaban J connectivity index is 1.67. The summed E-state index contributed by atoms with van der Waals surface area (Å²) in [6, 6.07) is 9.72. The molecule has 3 N–H and O–H groups in total. The summed E-state index contributed by atoms with van der Waals surface area (Å²) in [4.78, 5) is 29.2. The molecule has 2 heterocycles. The fourth-order valence-corrected chi connectivity index (χ4v) is 4.03. The second-order valence-corrected chi connectivity index (χ2v) is 8.38. The van der Waals surface area contributed by atoms with Crippen LogP contribution < -0.4 is 10.6 Å². The average molecular weight is 434 g/mol. The first-order chi connectivity index (χ1) is 15.4. The van der Waals surface area contributed by atoms with Gasteiger partial charge in [0.1, 0.15) is 5.75 Å². The van der Waals surface area contributed by atoms with Crippen LogP contribution in [0.4, 0.5) is 10.5 Å². The number of carbonyl (C=O) groups is 2. The first-order valence-corrected chi connectivity index (χ1v) is 10.9. The van der Waals surface area contributed by atoms with Crippen molar-refractivity contribution in [2.45, 2.75) is 51.5 Å². The van der Waals surface area contributed by atoms with Crippen molar-refractivity contribution in [3.8, 4) is 17.0 Å². The van der Waals surface area contributed by atoms with E-state index in [0.29, 0.717) is 22.5 Å². The molecule has 8 heteroatoms. The first-order valence-electron chi connectivity index (χ1n) is 10.9. The third-order valence-electron chi connectivity index (χ3n) is 5.57. The van der Waals surface area contributed by atoms with Gasteiger partial charge < -0.3 is 15.7 Å². The van der Waals surface area contributed by atoms with Crippen molar-refractivity contribution in [3.05, 3.63) is 60.0 Å². The molecule has 0 saturated heterocycles. The van der Waals surface area contributed by atoms with Crippen LogP contribution in [0.25, 0.3) is 11.3 Å². The maximum absolute atomic E-state index is 12.8. The van der Waals surface area contributed by atoms with E-state index in [1.54, 1.807) is 30.5 Å². The summed E-state index contributed by atoms with van der Waals surface area (Å²) in [5.74, 6) is -0.0238. The molecule has 1 aliphatic carbocycles. The predicted octanol–water partition coefficient (Wildman–Crippen LogP) is 4.53. The van der Waals surface area contributed by atoms with Crippen LogP contribution in [0.3, 0.4) is 0 Å². The van der Waals surface area contributed by atoms with Gasteiger partial charge in [-0.25, -0.2) is 4.79 Å². The monoisotopic (exact) mass is 433 g/mol. The highest BCUT2D eigenvalue weighted by atomic mass is 16.3. The average Bonchev–Trinajstić information content (AvgIpc) is 3.45. The zero-order valence-electron chi connectivity index (χ0n) is 18.2. The molecule has 0 aliphatic heterocycles. The molecule has 1 aliphatic rings. The molecule has 32 heavy (non-hydrogen) atoms. The zero-order chi connectivity index (χ0) is 22.7. The summed E-state index contributed by atoms with van der Waals surface area (Å²) >= 11 is 0. The lowest BCUT2D eigenvalue weighted by Gasteiger charge is -2.13. The SMILES string of the molecule is CC(C)NC(=O)n1nc(-c2cc(NC(=O)c3cccnc3)ccc2O)cc1C1CCCC1. The number of phenolic OH excluding ortho intramolecular Hbond substituents is 1. The molecule has 4 rings (SSSR count). The summed E-state index contributed by atoms with van der Waals surface area (Å²) in [5.41, 5.74) is 2.72. The number of amides is 2. The third kappa shape index (κ3) is 4.64. The normalized spacial score (nSPS) is 14.0. The minimum absolute atomic E-state index is 0.0222. The van der Waals surface area contributed by atoms with Gasteiger partial charge in [-0.15, -0.1) is 0 Å². The summed E-state index contributed by atoms with van der Waals surface area (Å²) in [6.07, 6.45) is 7.35. The molecule has 0 radical (unpaired) electrons. The van der Waals surface area contributed by atoms with E-state index in [-0.39, 0.29) is 29.6 Å². The van der Waals surface area contributed by atoms with Gasteiger partial charge >= 0.3 is 6.03 Å². The van der Waals surface area contributed by atoms with Crippen LogP contribution in [0.5, 0.6) is 5.75 Å². The highest BCUT2D eigenvalue weighted by Gasteiger charge is 2.26. The van der Waals surface area contributed by atoms with E-state index >= 15 is 0 Å². The van der Waals surface area contributed by atoms with E-state index in [1.807, 2.05) is 19.9 Å². The number of phenols is 1. The minimum Gasteiger partial charge on any atom is -0.507 e. The molecule has 2 amide bonds. The number of aromatic hydroxyl groups is 1. The molecule has 1 saturated carbocycles. The van der Waals surface area contributed by atoms with Gasteiger partial charge in [0.25, 0.3) is 5.91 Å². The van der Waals surface area contributed by atoms with Crippen molar-refractivity contribution in [1.29, 1.82) is 0 Å². The fraction of sp³-hybridized carbons (Fsp3) is 0.333. The number of nitrogens with zero attached hydrogens (tertiary/aromatic N) is 3. The highest BCUT2D eigenvalue weighted by molar-refractivity contribution is 6.04. The van der Waals surface area contributed by atoms with E-state index in [4.69, 9.17) is 0 Å². The number of pyridine rings is 1. The van der Waals surface area contributed by atoms with Gasteiger partial charge in [0, 0.05) is 35.6 Å². The van der Waals surface area contributed by atoms with Crippen molar-refractivity contribution >= 4 is 17.6 Å². The minimum atomic E-state index is -0.303. The van der Waals surface area contributed by atoms with Crippen molar-refractivity contribution in [3.63, 3.8) is 0 Å². The number of hydrogen-bond donors (Lipinski definition) is 3. The Labute approximate surface area is 186 Å². The third-order valence-corrected chi connectivity index (χ3v) is 5.57. The molecular formula is C24H27N5O3. The van der Waals surface area contributed by atoms with Crippen molar-refractivity contribution in [1.82, 2.24) is 20.1 Å². The topological polar surface area (TPSA) is 109 Å². The maximum atomic E-state index is 12.8. The number of anilines is 1. The van der Waals surface area contributed by atoms with Gasteiger partial charge in [0.15, 0.2) is 0 Å². The maximum Gasteiger partial charge on any atom is 0.342 e. The van der Waals surface area contributed by atoms with Crippen LogP contribution in [-0.4, -0.2) is 37.9 Å². The lowest BCUT2D eigenvalue weighted by atomic mass is 10.0. The lowest BCUT2D eigenvalue weighted by Crippen LogP contribution is -2.35. The number of benzene rings is 1. The second-order valence-electron chi connectivity index (χ2n) is 8.38. The van der Waals surface area contributed by atoms with Gasteiger partial charge in [-0.1, -0.05) is 12.8 Å². The van der Waals surface area contributed by atoms with Gasteiger partial charge in [0.2, 0.25) is 0 Å². The predicted molar refractivity (Wildman–Crippen MR) is 122 cm³/mol. The van der Waals surface area contributed by atoms with Crippen LogP contribution in [0.2, 0.25) is 0 Å². The van der Waals surface area contributed by atoms with Crippen molar-refractivity contribution < 1.29 is 14.7 Å². The molecule has 0 atom stereocenters. The number of aromatic nitrogens is 3. The molecule has 0 unspecified atom stereocenters. The molecular weight excluding hydrogens is 406 g/mol. The standard InChI is InChI=1S/C24H27N5O3/c1-15(2)26-24(32)29-21(16-6-3-4-7-16)13-20(28-29)19-12-18(9-10-22(19)30)27-23(31)17-8-5-11-25-14-17/h5,8-16,30H,3-4,6-7H2,1-2H3,(H,26,32)(H,27,31). The van der Waals surface area contributed by atoms with Crippen molar-refractivity contribution in [2.75, 3.05) is 5.32 Å². The molecule has 8 nitrogen and oxygen atoms in total. The van der Waals surface area contributed by atoms with E-state index in [0.717, 1.165) is 31.4 Å². The molecule has 2 aromatic heterocycles. The highest BCUT2D eigenvalue weighted by Crippen LogP contribution is 2.38. The molecule has 166 valence electrons. The van der Waals surface area contributed by atoms with E-state index in [1.165, 1.54) is 16.9 Å². The second kappa shape index (κ2) is 9.21. The number of hydrogen-bond acceptors (Lipinski definition) is 5. The van der Waals surface area contributed by atoms with E-state index in [2.05, 4.69) is 20.7 Å². The van der Waals surface area contributed by atoms with E-state index in [9.17, 15) is 14.7 Å². The summed E-state index contributed by atoms with van der Waals surface area (Å²) < 4.78 is 1.42. The number of nitrogens with one attached hydrogen (secondary N) is 2. The Morgan fingerprint density at radius 3 is 2.62 bits per heavy atom. The molecule has 0 spiro atoms. The molecule has 1 aromatic carbocycles. The zero-order valence-corrected chi connectivity index (χ0v) is 18.2. The molecule has 3 aromatic rings. The quantitative estimate of drug-likeness (QED) is 0.512. The van der Waals surface area contributed by atoms with Gasteiger partial charge in [-0.2, -0.15) is 9.78 Å². The van der Waals surface area contributed by atoms with Crippen LogP contribution in [-0.2, 0) is 0 Å². The van der Waals surface area contributed by atoms with Crippen LogP contribution in [0, 0.1) is 0 Å². The summed E-state index contributed by atoms with van der Waals surface area (Å²) in [7, 11) is 0. The van der Waals surface area contributed by atoms with Crippen LogP contribution >= 0.6 is 0 Å². The number of carbonyl (C=O) groups excluding carboxylic acids is 2. The molecule has 0 bridgehead atoms. The Kier molecular flexibility index (Phi) is 6.20. The first kappa shape index (κ1) is 21.5. The van der Waals surface area contributed by atoms with Crippen LogP contribution in [0.15, 0.2) is 48.8 Å². The fourth-order valence-electron chi connectivity index (χ4n) is 4.03. The van der Waals surface area contributed by atoms with Gasteiger partial charge in [-0.05, 0) is 63.1 Å². The van der Waals surface area contributed by atoms with E-state index < -0.39 is 0 Å². The molecule has 1 fully saturated rings. The Hall–Kier alpha value is -3.68. The van der Waals surface area contributed by atoms with Crippen LogP contribution in [0.1, 0.15) is 61.5 Å². The Morgan fingerprint density at radius 2 is 1.94 bits per heavy atom. The summed E-state index contributed by atoms with van der Waals surface area (Å²) in [5, 5.41) is 20.8. The van der Waals surface area contributed by atoms with Gasteiger partial charge in [-0.3, -0.25) is 9.78 Å². The summed E-state index contributed by atoms with van der Waals surface area (Å²) in [6.45, 7) is 3.80.